The van der Waals surface area contributed by atoms with Gasteiger partial charge in [0, 0.05) is 10.9 Å². The number of fused-ring (bicyclic) bond motifs is 5. The molecule has 0 saturated heterocycles. The minimum Gasteiger partial charge on any atom is -0.273 e. The predicted octanol–water partition coefficient (Wildman–Crippen LogP) is 3.59. The summed E-state index contributed by atoms with van der Waals surface area (Å²) in [5, 5.41) is 9.25. The van der Waals surface area contributed by atoms with Crippen LogP contribution in [0.25, 0.3) is 16.0 Å². The van der Waals surface area contributed by atoms with Gasteiger partial charge in [-0.05, 0) is 49.0 Å². The summed E-state index contributed by atoms with van der Waals surface area (Å²) in [4.78, 5) is 15.7. The van der Waals surface area contributed by atoms with Crippen LogP contribution in [0.3, 0.4) is 0 Å². The average molecular weight is 342 g/mol. The van der Waals surface area contributed by atoms with Crippen LogP contribution in [0.2, 0.25) is 0 Å². The number of thiophene rings is 1. The number of hydrogen-bond donors (Lipinski definition) is 0. The van der Waals surface area contributed by atoms with Crippen LogP contribution < -0.4 is 5.56 Å². The first-order valence-electron chi connectivity index (χ1n) is 8.83. The quantitative estimate of drug-likeness (QED) is 0.679. The Morgan fingerprint density at radius 2 is 2.04 bits per heavy atom. The Morgan fingerprint density at radius 3 is 2.75 bits per heavy atom. The molecule has 3 aromatic heterocycles. The number of aryl methyl sites for hydroxylation is 1. The maximum Gasteiger partial charge on any atom is 0.264 e. The van der Waals surface area contributed by atoms with Crippen molar-refractivity contribution in [2.45, 2.75) is 58.9 Å². The molecule has 5 nitrogen and oxygen atoms in total. The van der Waals surface area contributed by atoms with E-state index in [0.717, 1.165) is 35.9 Å². The molecule has 0 spiro atoms. The van der Waals surface area contributed by atoms with E-state index in [-0.39, 0.29) is 5.56 Å². The fourth-order valence-electron chi connectivity index (χ4n) is 4.11. The molecule has 6 heteroatoms. The van der Waals surface area contributed by atoms with Crippen molar-refractivity contribution in [1.29, 1.82) is 0 Å². The summed E-state index contributed by atoms with van der Waals surface area (Å²) >= 11 is 1.78. The number of aromatic nitrogens is 4. The van der Waals surface area contributed by atoms with Crippen molar-refractivity contribution in [2.75, 3.05) is 0 Å². The van der Waals surface area contributed by atoms with E-state index in [1.165, 1.54) is 16.9 Å². The summed E-state index contributed by atoms with van der Waals surface area (Å²) < 4.78 is 3.92. The van der Waals surface area contributed by atoms with E-state index in [9.17, 15) is 4.79 Å². The zero-order valence-corrected chi connectivity index (χ0v) is 15.2. The SMILES string of the molecule is CC(C)(C)C1CCc2c(sc3c2c(=O)n(C2CC2)c2nncn32)C1. The van der Waals surface area contributed by atoms with Gasteiger partial charge in [0.25, 0.3) is 5.56 Å². The highest BCUT2D eigenvalue weighted by Gasteiger charge is 2.34. The number of nitrogens with zero attached hydrogens (tertiary/aromatic N) is 4. The zero-order chi connectivity index (χ0) is 16.6. The Morgan fingerprint density at radius 1 is 1.25 bits per heavy atom. The first-order valence-corrected chi connectivity index (χ1v) is 9.65. The summed E-state index contributed by atoms with van der Waals surface area (Å²) in [6.07, 6.45) is 7.19. The minimum atomic E-state index is 0.153. The molecule has 0 aromatic carbocycles. The molecule has 2 aliphatic carbocycles. The lowest BCUT2D eigenvalue weighted by molar-refractivity contribution is 0.218. The molecule has 2 aliphatic rings. The second kappa shape index (κ2) is 4.69. The van der Waals surface area contributed by atoms with Gasteiger partial charge in [-0.1, -0.05) is 20.8 Å². The highest BCUT2D eigenvalue weighted by atomic mass is 32.1. The van der Waals surface area contributed by atoms with Crippen molar-refractivity contribution in [3.05, 3.63) is 27.1 Å². The van der Waals surface area contributed by atoms with Crippen molar-refractivity contribution in [2.24, 2.45) is 11.3 Å². The fourth-order valence-corrected chi connectivity index (χ4v) is 5.50. The molecule has 0 N–H and O–H groups in total. The van der Waals surface area contributed by atoms with Gasteiger partial charge < -0.3 is 0 Å². The van der Waals surface area contributed by atoms with Crippen LogP contribution in [-0.2, 0) is 12.8 Å². The van der Waals surface area contributed by atoms with E-state index in [1.807, 2.05) is 8.97 Å². The third-order valence-electron chi connectivity index (χ3n) is 5.78. The van der Waals surface area contributed by atoms with Crippen molar-refractivity contribution in [3.8, 4) is 0 Å². The zero-order valence-electron chi connectivity index (χ0n) is 14.4. The third kappa shape index (κ3) is 1.95. The first kappa shape index (κ1) is 14.6. The second-order valence-corrected chi connectivity index (χ2v) is 9.48. The molecule has 3 aromatic rings. The summed E-state index contributed by atoms with van der Waals surface area (Å²) in [6.45, 7) is 6.98. The molecule has 5 rings (SSSR count). The molecular weight excluding hydrogens is 320 g/mol. The minimum absolute atomic E-state index is 0.153. The van der Waals surface area contributed by atoms with E-state index in [4.69, 9.17) is 0 Å². The van der Waals surface area contributed by atoms with Crippen LogP contribution in [0.1, 0.15) is 56.5 Å². The lowest BCUT2D eigenvalue weighted by Crippen LogP contribution is -2.27. The van der Waals surface area contributed by atoms with Crippen molar-refractivity contribution < 1.29 is 0 Å². The number of rotatable bonds is 1. The van der Waals surface area contributed by atoms with Gasteiger partial charge in [-0.2, -0.15) is 0 Å². The van der Waals surface area contributed by atoms with Gasteiger partial charge in [0.2, 0.25) is 5.78 Å². The molecule has 1 unspecified atom stereocenters. The summed E-state index contributed by atoms with van der Waals surface area (Å²) in [5.74, 6) is 1.39. The highest BCUT2D eigenvalue weighted by molar-refractivity contribution is 7.18. The molecular formula is C18H22N4OS. The van der Waals surface area contributed by atoms with E-state index in [2.05, 4.69) is 31.0 Å². The molecule has 0 bridgehead atoms. The molecule has 3 heterocycles. The van der Waals surface area contributed by atoms with Crippen LogP contribution in [-0.4, -0.2) is 19.2 Å². The van der Waals surface area contributed by atoms with Crippen LogP contribution in [0.5, 0.6) is 0 Å². The largest absolute Gasteiger partial charge is 0.273 e. The van der Waals surface area contributed by atoms with E-state index in [1.54, 1.807) is 17.7 Å². The molecule has 126 valence electrons. The lowest BCUT2D eigenvalue weighted by atomic mass is 9.72. The molecule has 1 fully saturated rings. The fraction of sp³-hybridized carbons (Fsp3) is 0.611. The first-order chi connectivity index (χ1) is 11.4. The molecule has 0 aliphatic heterocycles. The Kier molecular flexibility index (Phi) is 2.86. The lowest BCUT2D eigenvalue weighted by Gasteiger charge is -2.33. The Balaban J connectivity index is 1.79. The molecule has 1 saturated carbocycles. The Hall–Kier alpha value is -1.69. The predicted molar refractivity (Wildman–Crippen MR) is 95.9 cm³/mol. The second-order valence-electron chi connectivity index (χ2n) is 8.40. The Labute approximate surface area is 144 Å². The van der Waals surface area contributed by atoms with Crippen LogP contribution in [0.15, 0.2) is 11.1 Å². The topological polar surface area (TPSA) is 52.2 Å². The maximum absolute atomic E-state index is 13.2. The van der Waals surface area contributed by atoms with Crippen LogP contribution in [0.4, 0.5) is 0 Å². The number of hydrogen-bond acceptors (Lipinski definition) is 4. The van der Waals surface area contributed by atoms with Gasteiger partial charge in [0.1, 0.15) is 11.2 Å². The van der Waals surface area contributed by atoms with Crippen LogP contribution in [0, 0.1) is 11.3 Å². The molecule has 0 amide bonds. The van der Waals surface area contributed by atoms with Gasteiger partial charge >= 0.3 is 0 Å². The molecule has 0 radical (unpaired) electrons. The molecule has 24 heavy (non-hydrogen) atoms. The molecule has 1 atom stereocenters. The summed E-state index contributed by atoms with van der Waals surface area (Å²) in [7, 11) is 0. The van der Waals surface area contributed by atoms with Gasteiger partial charge in [0.15, 0.2) is 0 Å². The van der Waals surface area contributed by atoms with E-state index < -0.39 is 0 Å². The monoisotopic (exact) mass is 342 g/mol. The van der Waals surface area contributed by atoms with Crippen molar-refractivity contribution >= 4 is 27.3 Å². The summed E-state index contributed by atoms with van der Waals surface area (Å²) in [6, 6.07) is 0.315. The Bertz CT molecular complexity index is 1020. The van der Waals surface area contributed by atoms with Crippen LogP contribution >= 0.6 is 11.3 Å². The summed E-state index contributed by atoms with van der Waals surface area (Å²) in [5.41, 5.74) is 1.76. The van der Waals surface area contributed by atoms with Crippen molar-refractivity contribution in [3.63, 3.8) is 0 Å². The normalized spacial score (nSPS) is 21.5. The third-order valence-corrected chi connectivity index (χ3v) is 7.03. The van der Waals surface area contributed by atoms with E-state index >= 15 is 0 Å². The van der Waals surface area contributed by atoms with Gasteiger partial charge in [-0.3, -0.25) is 13.8 Å². The standard InChI is InChI=1S/C18H22N4OS/c1-18(2,3)10-4-7-12-13(8-10)24-16-14(12)15(23)22(11-5-6-11)17-20-19-9-21(16)17/h9-11H,4-8H2,1-3H3. The maximum atomic E-state index is 13.2. The smallest absolute Gasteiger partial charge is 0.264 e. The van der Waals surface area contributed by atoms with Gasteiger partial charge in [0.05, 0.1) is 5.39 Å². The average Bonchev–Trinajstić information content (AvgIpc) is 3.09. The highest BCUT2D eigenvalue weighted by Crippen LogP contribution is 2.43. The van der Waals surface area contributed by atoms with Gasteiger partial charge in [-0.25, -0.2) is 0 Å². The van der Waals surface area contributed by atoms with Crippen molar-refractivity contribution in [1.82, 2.24) is 19.2 Å². The van der Waals surface area contributed by atoms with E-state index in [0.29, 0.717) is 23.2 Å². The van der Waals surface area contributed by atoms with Gasteiger partial charge in [-0.15, -0.1) is 21.5 Å².